The van der Waals surface area contributed by atoms with Crippen molar-refractivity contribution in [1.82, 2.24) is 9.88 Å². The molecule has 3 aromatic rings. The molecule has 0 radical (unpaired) electrons. The van der Waals surface area contributed by atoms with Gasteiger partial charge in [-0.3, -0.25) is 9.59 Å². The summed E-state index contributed by atoms with van der Waals surface area (Å²) in [5.41, 5.74) is 1.70. The fraction of sp³-hybridized carbons (Fsp3) is 0.261. The molecule has 1 heterocycles. The van der Waals surface area contributed by atoms with Crippen molar-refractivity contribution >= 4 is 28.8 Å². The third-order valence-electron chi connectivity index (χ3n) is 4.71. The van der Waals surface area contributed by atoms with Crippen molar-refractivity contribution in [3.05, 3.63) is 53.5 Å². The number of hydrogen-bond acceptors (Lipinski definition) is 7. The Bertz CT molecular complexity index is 1100. The van der Waals surface area contributed by atoms with Gasteiger partial charge in [-0.05, 0) is 37.3 Å². The molecule has 0 saturated carbocycles. The summed E-state index contributed by atoms with van der Waals surface area (Å²) in [6.45, 7) is 2.10. The molecule has 8 nitrogen and oxygen atoms in total. The van der Waals surface area contributed by atoms with E-state index in [1.54, 1.807) is 57.0 Å². The number of nitrogens with one attached hydrogen (secondary N) is 1. The Kier molecular flexibility index (Phi) is 7.67. The summed E-state index contributed by atoms with van der Waals surface area (Å²) in [6.07, 6.45) is 0. The lowest BCUT2D eigenvalue weighted by Crippen LogP contribution is -2.38. The molecule has 3 rings (SSSR count). The second-order valence-corrected chi connectivity index (χ2v) is 7.57. The monoisotopic (exact) mass is 455 g/mol. The van der Waals surface area contributed by atoms with Crippen LogP contribution in [-0.2, 0) is 4.79 Å². The highest BCUT2D eigenvalue weighted by molar-refractivity contribution is 7.13. The lowest BCUT2D eigenvalue weighted by molar-refractivity contribution is -0.116. The fourth-order valence-corrected chi connectivity index (χ4v) is 3.83. The van der Waals surface area contributed by atoms with Gasteiger partial charge in [0.25, 0.3) is 5.91 Å². The zero-order chi connectivity index (χ0) is 23.1. The number of carbonyl (C=O) groups excluding carboxylic acids is 2. The maximum absolute atomic E-state index is 13.0. The molecule has 0 spiro atoms. The minimum atomic E-state index is -0.309. The van der Waals surface area contributed by atoms with Crippen LogP contribution in [0.2, 0.25) is 0 Å². The van der Waals surface area contributed by atoms with E-state index < -0.39 is 0 Å². The first-order valence-corrected chi connectivity index (χ1v) is 10.8. The summed E-state index contributed by atoms with van der Waals surface area (Å²) in [4.78, 5) is 31.4. The summed E-state index contributed by atoms with van der Waals surface area (Å²) in [5.74, 6) is 1.22. The van der Waals surface area contributed by atoms with Crippen molar-refractivity contribution in [2.24, 2.45) is 0 Å². The Morgan fingerprint density at radius 1 is 1.03 bits per heavy atom. The van der Waals surface area contributed by atoms with Crippen molar-refractivity contribution in [1.29, 1.82) is 0 Å². The van der Waals surface area contributed by atoms with Crippen LogP contribution in [0.5, 0.6) is 17.2 Å². The number of carbonyl (C=O) groups is 2. The Hall–Kier alpha value is -3.59. The van der Waals surface area contributed by atoms with Crippen molar-refractivity contribution in [3.8, 4) is 27.8 Å². The number of nitrogens with zero attached hydrogens (tertiary/aromatic N) is 2. The van der Waals surface area contributed by atoms with Gasteiger partial charge in [0.15, 0.2) is 11.5 Å². The Labute approximate surface area is 190 Å². The highest BCUT2D eigenvalue weighted by atomic mass is 32.1. The van der Waals surface area contributed by atoms with E-state index in [1.165, 1.54) is 16.2 Å². The molecule has 0 saturated heterocycles. The van der Waals surface area contributed by atoms with Crippen molar-refractivity contribution in [3.63, 3.8) is 0 Å². The van der Waals surface area contributed by atoms with Gasteiger partial charge in [-0.2, -0.15) is 0 Å². The molecular weight excluding hydrogens is 430 g/mol. The molecule has 0 aliphatic heterocycles. The molecule has 0 bridgehead atoms. The van der Waals surface area contributed by atoms with E-state index in [1.807, 2.05) is 19.1 Å². The SMILES string of the molecule is CCN(CC(=O)Nc1cccc(OC)c1)C(=O)c1csc(-c2ccc(OC)c(OC)c2)n1. The average Bonchev–Trinajstić information content (AvgIpc) is 3.32. The van der Waals surface area contributed by atoms with Crippen molar-refractivity contribution in [2.75, 3.05) is 39.7 Å². The van der Waals surface area contributed by atoms with E-state index in [9.17, 15) is 9.59 Å². The minimum absolute atomic E-state index is 0.0875. The molecule has 0 aliphatic rings. The van der Waals surface area contributed by atoms with Crippen LogP contribution in [-0.4, -0.2) is 56.1 Å². The fourth-order valence-electron chi connectivity index (χ4n) is 3.04. The number of methoxy groups -OCH3 is 3. The molecular formula is C23H25N3O5S. The largest absolute Gasteiger partial charge is 0.497 e. The summed E-state index contributed by atoms with van der Waals surface area (Å²) in [6, 6.07) is 12.5. The Morgan fingerprint density at radius 3 is 2.50 bits per heavy atom. The quantitative estimate of drug-likeness (QED) is 0.526. The van der Waals surface area contributed by atoms with Crippen molar-refractivity contribution in [2.45, 2.75) is 6.92 Å². The normalized spacial score (nSPS) is 10.4. The Balaban J connectivity index is 1.70. The van der Waals surface area contributed by atoms with Crippen LogP contribution >= 0.6 is 11.3 Å². The van der Waals surface area contributed by atoms with Crippen LogP contribution in [0.15, 0.2) is 47.8 Å². The van der Waals surface area contributed by atoms with Gasteiger partial charge < -0.3 is 24.4 Å². The van der Waals surface area contributed by atoms with E-state index in [0.717, 1.165) is 5.56 Å². The molecule has 168 valence electrons. The molecule has 2 amide bonds. The number of hydrogen-bond donors (Lipinski definition) is 1. The Morgan fingerprint density at radius 2 is 1.81 bits per heavy atom. The zero-order valence-corrected chi connectivity index (χ0v) is 19.2. The first kappa shape index (κ1) is 23.1. The number of rotatable bonds is 9. The summed E-state index contributed by atoms with van der Waals surface area (Å²) in [7, 11) is 4.69. The van der Waals surface area contributed by atoms with Crippen LogP contribution in [0.25, 0.3) is 10.6 Å². The molecule has 1 N–H and O–H groups in total. The molecule has 9 heteroatoms. The van der Waals surface area contributed by atoms with E-state index in [-0.39, 0.29) is 24.1 Å². The predicted octanol–water partition coefficient (Wildman–Crippen LogP) is 3.94. The summed E-state index contributed by atoms with van der Waals surface area (Å²) < 4.78 is 15.8. The van der Waals surface area contributed by atoms with Crippen LogP contribution in [0.3, 0.4) is 0 Å². The molecule has 0 unspecified atom stereocenters. The number of amides is 2. The van der Waals surface area contributed by atoms with Gasteiger partial charge in [0.05, 0.1) is 21.3 Å². The highest BCUT2D eigenvalue weighted by Crippen LogP contribution is 2.33. The maximum atomic E-state index is 13.0. The van der Waals surface area contributed by atoms with Gasteiger partial charge in [0, 0.05) is 29.2 Å². The van der Waals surface area contributed by atoms with Crippen LogP contribution in [0.4, 0.5) is 5.69 Å². The lowest BCUT2D eigenvalue weighted by Gasteiger charge is -2.19. The molecule has 0 aliphatic carbocycles. The van der Waals surface area contributed by atoms with Gasteiger partial charge >= 0.3 is 0 Å². The van der Waals surface area contributed by atoms with Crippen LogP contribution in [0, 0.1) is 0 Å². The first-order chi connectivity index (χ1) is 15.5. The van der Waals surface area contributed by atoms with Gasteiger partial charge in [-0.25, -0.2) is 4.98 Å². The van der Waals surface area contributed by atoms with E-state index in [4.69, 9.17) is 14.2 Å². The topological polar surface area (TPSA) is 90.0 Å². The van der Waals surface area contributed by atoms with E-state index >= 15 is 0 Å². The number of likely N-dealkylation sites (N-methyl/N-ethyl adjacent to an activating group) is 1. The first-order valence-electron chi connectivity index (χ1n) is 9.90. The molecule has 2 aromatic carbocycles. The number of benzene rings is 2. The third-order valence-corrected chi connectivity index (χ3v) is 5.60. The van der Waals surface area contributed by atoms with Gasteiger partial charge in [0.2, 0.25) is 5.91 Å². The summed E-state index contributed by atoms with van der Waals surface area (Å²) >= 11 is 1.35. The zero-order valence-electron chi connectivity index (χ0n) is 18.4. The molecule has 1 aromatic heterocycles. The number of anilines is 1. The van der Waals surface area contributed by atoms with Gasteiger partial charge in [-0.1, -0.05) is 6.07 Å². The molecule has 0 atom stereocenters. The van der Waals surface area contributed by atoms with Crippen LogP contribution in [0.1, 0.15) is 17.4 Å². The van der Waals surface area contributed by atoms with Gasteiger partial charge in [-0.15, -0.1) is 11.3 Å². The van der Waals surface area contributed by atoms with E-state index in [2.05, 4.69) is 10.3 Å². The predicted molar refractivity (Wildman–Crippen MR) is 124 cm³/mol. The van der Waals surface area contributed by atoms with Crippen molar-refractivity contribution < 1.29 is 23.8 Å². The van der Waals surface area contributed by atoms with Crippen LogP contribution < -0.4 is 19.5 Å². The number of aromatic nitrogens is 1. The lowest BCUT2D eigenvalue weighted by atomic mass is 10.2. The molecule has 32 heavy (non-hydrogen) atoms. The standard InChI is InChI=1S/C23H25N3O5S/c1-5-26(13-21(27)24-16-7-6-8-17(12-16)29-2)23(28)18-14-32-22(25-18)15-9-10-19(30-3)20(11-15)31-4/h6-12,14H,5,13H2,1-4H3,(H,24,27). The number of ether oxygens (including phenoxy) is 3. The number of thiazole rings is 1. The molecule has 0 fully saturated rings. The smallest absolute Gasteiger partial charge is 0.273 e. The highest BCUT2D eigenvalue weighted by Gasteiger charge is 2.21. The minimum Gasteiger partial charge on any atom is -0.497 e. The van der Waals surface area contributed by atoms with Gasteiger partial charge in [0.1, 0.15) is 23.0 Å². The second kappa shape index (κ2) is 10.6. The second-order valence-electron chi connectivity index (χ2n) is 6.71. The van der Waals surface area contributed by atoms with E-state index in [0.29, 0.717) is 34.5 Å². The third kappa shape index (κ3) is 5.36. The average molecular weight is 456 g/mol. The maximum Gasteiger partial charge on any atom is 0.273 e. The summed E-state index contributed by atoms with van der Waals surface area (Å²) in [5, 5.41) is 5.15.